The van der Waals surface area contributed by atoms with Crippen LogP contribution in [0.4, 0.5) is 0 Å². The standard InChI is InChI=1S/C8H18.C6H14.10CH4/c1-5-8(4,6-2)7-3;1-4-6(3)5-2;;;;;;;;;;/h5-7H2,1-4H3;6H,4-5H2,1-3H3;10*1H4. The third-order valence-electron chi connectivity index (χ3n) is 3.95. The van der Waals surface area contributed by atoms with Gasteiger partial charge in [0.05, 0.1) is 0 Å². The molecule has 0 aromatic carbocycles. The van der Waals surface area contributed by atoms with Gasteiger partial charge in [0.1, 0.15) is 0 Å². The molecule has 0 spiro atoms. The van der Waals surface area contributed by atoms with E-state index in [0.717, 1.165) is 5.92 Å². The van der Waals surface area contributed by atoms with E-state index in [2.05, 4.69) is 48.5 Å². The molecule has 0 N–H and O–H groups in total. The third-order valence-corrected chi connectivity index (χ3v) is 3.95. The van der Waals surface area contributed by atoms with Gasteiger partial charge in [-0.2, -0.15) is 0 Å². The summed E-state index contributed by atoms with van der Waals surface area (Å²) in [5.74, 6) is 0.935. The Labute approximate surface area is 166 Å². The maximum absolute atomic E-state index is 2.35. The Kier molecular flexibility index (Phi) is 209. The zero-order valence-corrected chi connectivity index (χ0v) is 11.6. The Balaban J connectivity index is -0.00000000858. The molecule has 0 saturated heterocycles. The number of hydrogen-bond donors (Lipinski definition) is 0. The van der Waals surface area contributed by atoms with Gasteiger partial charge in [0.15, 0.2) is 0 Å². The van der Waals surface area contributed by atoms with Gasteiger partial charge in [-0.3, -0.25) is 0 Å². The van der Waals surface area contributed by atoms with Gasteiger partial charge in [-0.05, 0) is 11.3 Å². The van der Waals surface area contributed by atoms with Crippen molar-refractivity contribution in [3.8, 4) is 0 Å². The summed E-state index contributed by atoms with van der Waals surface area (Å²) >= 11 is 0. The summed E-state index contributed by atoms with van der Waals surface area (Å²) in [6, 6.07) is 0. The molecule has 0 aliphatic rings. The first-order valence-electron chi connectivity index (χ1n) is 6.49. The molecule has 0 heteroatoms. The van der Waals surface area contributed by atoms with E-state index < -0.39 is 0 Å². The average Bonchev–Trinajstić information content (AvgIpc) is 2.27. The monoisotopic (exact) mass is 361 g/mol. The van der Waals surface area contributed by atoms with Crippen LogP contribution in [-0.4, -0.2) is 0 Å². The minimum Gasteiger partial charge on any atom is -0.0776 e. The maximum atomic E-state index is 2.35. The third kappa shape index (κ3) is 57.4. The Morgan fingerprint density at radius 1 is 0.500 bits per heavy atom. The Morgan fingerprint density at radius 2 is 0.667 bits per heavy atom. The molecule has 0 radical (unpaired) electrons. The predicted molar refractivity (Wildman–Crippen MR) is 136 cm³/mol. The molecule has 0 unspecified atom stereocenters. The number of hydrogen-bond acceptors (Lipinski definition) is 0. The molecule has 0 amide bonds. The van der Waals surface area contributed by atoms with Gasteiger partial charge in [0.25, 0.3) is 0 Å². The predicted octanol–water partition coefficient (Wildman–Crippen LogP) is 12.0. The van der Waals surface area contributed by atoms with Crippen LogP contribution >= 0.6 is 0 Å². The molecule has 0 aliphatic carbocycles. The quantitative estimate of drug-likeness (QED) is 0.457. The van der Waals surface area contributed by atoms with Gasteiger partial charge in [0.2, 0.25) is 0 Å². The topological polar surface area (TPSA) is 0 Å². The Hall–Kier alpha value is 0. The van der Waals surface area contributed by atoms with Crippen LogP contribution in [0.2, 0.25) is 0 Å². The van der Waals surface area contributed by atoms with Crippen LogP contribution in [0.1, 0.15) is 155 Å². The molecule has 0 bridgehead atoms. The van der Waals surface area contributed by atoms with Crippen molar-refractivity contribution in [3.05, 3.63) is 0 Å². The van der Waals surface area contributed by atoms with E-state index in [1.54, 1.807) is 0 Å². The zero-order chi connectivity index (χ0) is 11.6. The Morgan fingerprint density at radius 3 is 0.667 bits per heavy atom. The van der Waals surface area contributed by atoms with Crippen molar-refractivity contribution in [1.82, 2.24) is 0 Å². The second-order valence-corrected chi connectivity index (χ2v) is 4.79. The highest BCUT2D eigenvalue weighted by atomic mass is 14.2. The summed E-state index contributed by atoms with van der Waals surface area (Å²) in [7, 11) is 0. The largest absolute Gasteiger partial charge is 0.0776 e. The van der Waals surface area contributed by atoms with Crippen LogP contribution in [0.5, 0.6) is 0 Å². The lowest BCUT2D eigenvalue weighted by molar-refractivity contribution is 0.286. The van der Waals surface area contributed by atoms with Crippen molar-refractivity contribution in [1.29, 1.82) is 0 Å². The highest BCUT2D eigenvalue weighted by Crippen LogP contribution is 2.28. The number of rotatable bonds is 5. The van der Waals surface area contributed by atoms with Crippen LogP contribution < -0.4 is 0 Å². The molecule has 0 rings (SSSR count). The van der Waals surface area contributed by atoms with Crippen molar-refractivity contribution in [2.75, 3.05) is 0 Å². The first-order chi connectivity index (χ1) is 6.49. The molecule has 0 aliphatic heterocycles. The van der Waals surface area contributed by atoms with Gasteiger partial charge >= 0.3 is 0 Å². The lowest BCUT2D eigenvalue weighted by atomic mass is 9.82. The van der Waals surface area contributed by atoms with E-state index in [0.29, 0.717) is 5.41 Å². The zero-order valence-electron chi connectivity index (χ0n) is 11.6. The van der Waals surface area contributed by atoms with Crippen LogP contribution in [0.25, 0.3) is 0 Å². The molecule has 168 valence electrons. The Bertz CT molecular complexity index is 88.3. The van der Waals surface area contributed by atoms with Gasteiger partial charge in [-0.15, -0.1) is 0 Å². The highest BCUT2D eigenvalue weighted by molar-refractivity contribution is 4.67. The van der Waals surface area contributed by atoms with Crippen molar-refractivity contribution in [2.45, 2.75) is 155 Å². The first kappa shape index (κ1) is 88.2. The van der Waals surface area contributed by atoms with Gasteiger partial charge in [-0.25, -0.2) is 0 Å². The van der Waals surface area contributed by atoms with Crippen LogP contribution in [0, 0.1) is 11.3 Å². The van der Waals surface area contributed by atoms with Crippen molar-refractivity contribution in [2.24, 2.45) is 11.3 Å². The molecule has 0 saturated carbocycles. The fraction of sp³-hybridized carbons (Fsp3) is 1.00. The second kappa shape index (κ2) is 56.8. The molecule has 0 fully saturated rings. The van der Waals surface area contributed by atoms with Gasteiger partial charge in [-0.1, -0.05) is 155 Å². The fourth-order valence-electron chi connectivity index (χ4n) is 1.04. The van der Waals surface area contributed by atoms with E-state index in [4.69, 9.17) is 0 Å². The van der Waals surface area contributed by atoms with Crippen LogP contribution in [-0.2, 0) is 0 Å². The van der Waals surface area contributed by atoms with E-state index in [1.807, 2.05) is 0 Å². The average molecular weight is 361 g/mol. The molecular weight excluding hydrogens is 288 g/mol. The summed E-state index contributed by atoms with van der Waals surface area (Å²) in [5, 5.41) is 0. The minimum atomic E-state index is 0. The van der Waals surface area contributed by atoms with E-state index >= 15 is 0 Å². The highest BCUT2D eigenvalue weighted by Gasteiger charge is 2.15. The summed E-state index contributed by atoms with van der Waals surface area (Å²) in [6.45, 7) is 15.9. The molecule has 0 aromatic rings. The van der Waals surface area contributed by atoms with Crippen LogP contribution in [0.3, 0.4) is 0 Å². The smallest absolute Gasteiger partial charge is 0.0334 e. The first-order valence-corrected chi connectivity index (χ1v) is 6.49. The lowest BCUT2D eigenvalue weighted by Crippen LogP contribution is -2.10. The van der Waals surface area contributed by atoms with Gasteiger partial charge in [0, 0.05) is 0 Å². The van der Waals surface area contributed by atoms with E-state index in [1.165, 1.54) is 32.1 Å². The molecular formula is C24H72. The van der Waals surface area contributed by atoms with E-state index in [9.17, 15) is 0 Å². The molecule has 0 atom stereocenters. The normalized spacial score (nSPS) is 6.50. The second-order valence-electron chi connectivity index (χ2n) is 4.79. The molecule has 0 aromatic heterocycles. The molecule has 0 nitrogen and oxygen atoms in total. The lowest BCUT2D eigenvalue weighted by Gasteiger charge is -2.23. The van der Waals surface area contributed by atoms with E-state index in [-0.39, 0.29) is 74.3 Å². The van der Waals surface area contributed by atoms with Crippen LogP contribution in [0.15, 0.2) is 0 Å². The fourth-order valence-corrected chi connectivity index (χ4v) is 1.04. The molecule has 0 heterocycles. The maximum Gasteiger partial charge on any atom is -0.0334 e. The van der Waals surface area contributed by atoms with Gasteiger partial charge < -0.3 is 0 Å². The SMILES string of the molecule is C.C.C.C.C.C.C.C.C.C.CCC(C)(CC)CC.CCC(C)CC. The van der Waals surface area contributed by atoms with Crippen molar-refractivity contribution < 1.29 is 0 Å². The minimum absolute atomic E-state index is 0. The van der Waals surface area contributed by atoms with Crippen molar-refractivity contribution in [3.63, 3.8) is 0 Å². The van der Waals surface area contributed by atoms with Crippen molar-refractivity contribution >= 4 is 0 Å². The summed E-state index contributed by atoms with van der Waals surface area (Å²) in [5.41, 5.74) is 0.625. The summed E-state index contributed by atoms with van der Waals surface area (Å²) in [4.78, 5) is 0. The summed E-state index contributed by atoms with van der Waals surface area (Å²) in [6.07, 6.45) is 6.62. The molecule has 24 heavy (non-hydrogen) atoms. The summed E-state index contributed by atoms with van der Waals surface area (Å²) < 4.78 is 0.